The Bertz CT molecular complexity index is 447. The highest BCUT2D eigenvalue weighted by Gasteiger charge is 2.32. The predicted octanol–water partition coefficient (Wildman–Crippen LogP) is 3.62. The van der Waals surface area contributed by atoms with Crippen LogP contribution in [-0.4, -0.2) is 18.2 Å². The zero-order valence-electron chi connectivity index (χ0n) is 11.7. The fourth-order valence-electron chi connectivity index (χ4n) is 3.18. The van der Waals surface area contributed by atoms with Crippen molar-refractivity contribution in [1.29, 1.82) is 0 Å². The Morgan fingerprint density at radius 3 is 2.63 bits per heavy atom. The molecule has 1 aromatic carbocycles. The Hall–Kier alpha value is -1.51. The number of methoxy groups -OCH3 is 1. The maximum absolute atomic E-state index is 11.6. The van der Waals surface area contributed by atoms with Crippen LogP contribution in [0.3, 0.4) is 0 Å². The monoisotopic (exact) mass is 262 g/mol. The summed E-state index contributed by atoms with van der Waals surface area (Å²) in [4.78, 5) is 11.6. The molecule has 3 heteroatoms. The van der Waals surface area contributed by atoms with Crippen LogP contribution in [0.25, 0.3) is 0 Å². The van der Waals surface area contributed by atoms with Gasteiger partial charge < -0.3 is 9.84 Å². The van der Waals surface area contributed by atoms with Crippen molar-refractivity contribution in [3.8, 4) is 5.75 Å². The Kier molecular flexibility index (Phi) is 4.46. The number of carboxylic acid groups (broad SMARTS) is 1. The van der Waals surface area contributed by atoms with Crippen molar-refractivity contribution in [3.63, 3.8) is 0 Å². The Morgan fingerprint density at radius 1 is 1.42 bits per heavy atom. The van der Waals surface area contributed by atoms with Crippen LogP contribution in [0.5, 0.6) is 5.75 Å². The molecule has 1 unspecified atom stereocenters. The topological polar surface area (TPSA) is 46.5 Å². The molecule has 3 nitrogen and oxygen atoms in total. The van der Waals surface area contributed by atoms with Gasteiger partial charge in [0.05, 0.1) is 13.0 Å². The molecule has 0 aliphatic heterocycles. The largest absolute Gasteiger partial charge is 0.496 e. The number of aliphatic carboxylic acids is 1. The second-order valence-electron chi connectivity index (χ2n) is 5.29. The van der Waals surface area contributed by atoms with Gasteiger partial charge in [0.15, 0.2) is 0 Å². The first kappa shape index (κ1) is 13.9. The van der Waals surface area contributed by atoms with Crippen molar-refractivity contribution in [2.75, 3.05) is 7.11 Å². The van der Waals surface area contributed by atoms with Crippen LogP contribution in [0.1, 0.15) is 49.7 Å². The summed E-state index contributed by atoms with van der Waals surface area (Å²) in [6.45, 7) is 2.06. The van der Waals surface area contributed by atoms with E-state index in [2.05, 4.69) is 6.92 Å². The second kappa shape index (κ2) is 6.09. The van der Waals surface area contributed by atoms with E-state index < -0.39 is 5.97 Å². The minimum absolute atomic E-state index is 0.288. The van der Waals surface area contributed by atoms with Gasteiger partial charge in [-0.15, -0.1) is 0 Å². The molecule has 0 amide bonds. The minimum Gasteiger partial charge on any atom is -0.496 e. The molecule has 0 bridgehead atoms. The lowest BCUT2D eigenvalue weighted by atomic mass is 9.84. The van der Waals surface area contributed by atoms with Gasteiger partial charge in [-0.05, 0) is 42.4 Å². The number of benzene rings is 1. The van der Waals surface area contributed by atoms with E-state index >= 15 is 0 Å². The molecular formula is C16H22O3. The fourth-order valence-corrected chi connectivity index (χ4v) is 3.18. The first-order chi connectivity index (χ1) is 9.17. The van der Waals surface area contributed by atoms with E-state index in [4.69, 9.17) is 4.74 Å². The molecule has 1 aliphatic rings. The molecule has 1 saturated carbocycles. The van der Waals surface area contributed by atoms with Crippen LogP contribution in [-0.2, 0) is 11.2 Å². The van der Waals surface area contributed by atoms with Crippen molar-refractivity contribution in [1.82, 2.24) is 0 Å². The summed E-state index contributed by atoms with van der Waals surface area (Å²) in [7, 11) is 1.65. The Labute approximate surface area is 114 Å². The summed E-state index contributed by atoms with van der Waals surface area (Å²) < 4.78 is 5.31. The third-order valence-corrected chi connectivity index (χ3v) is 4.18. The molecule has 0 saturated heterocycles. The van der Waals surface area contributed by atoms with Crippen molar-refractivity contribution in [3.05, 3.63) is 29.3 Å². The quantitative estimate of drug-likeness (QED) is 0.881. The van der Waals surface area contributed by atoms with E-state index in [1.54, 1.807) is 7.11 Å². The molecule has 1 fully saturated rings. The van der Waals surface area contributed by atoms with Crippen LogP contribution in [0, 0.1) is 5.92 Å². The van der Waals surface area contributed by atoms with E-state index in [0.717, 1.165) is 49.0 Å². The van der Waals surface area contributed by atoms with Crippen molar-refractivity contribution in [2.24, 2.45) is 5.92 Å². The number of aryl methyl sites for hydroxylation is 1. The first-order valence-corrected chi connectivity index (χ1v) is 7.07. The number of carbonyl (C=O) groups is 1. The molecule has 0 heterocycles. The first-order valence-electron chi connectivity index (χ1n) is 7.07. The van der Waals surface area contributed by atoms with Gasteiger partial charge in [0.2, 0.25) is 0 Å². The lowest BCUT2D eigenvalue weighted by Gasteiger charge is -2.21. The third kappa shape index (κ3) is 2.91. The molecule has 19 heavy (non-hydrogen) atoms. The van der Waals surface area contributed by atoms with Gasteiger partial charge >= 0.3 is 5.97 Å². The van der Waals surface area contributed by atoms with Crippen molar-refractivity contribution in [2.45, 2.75) is 44.9 Å². The molecule has 104 valence electrons. The van der Waals surface area contributed by atoms with Crippen LogP contribution in [0.15, 0.2) is 18.2 Å². The van der Waals surface area contributed by atoms with Gasteiger partial charge in [0, 0.05) is 0 Å². The van der Waals surface area contributed by atoms with Gasteiger partial charge in [-0.3, -0.25) is 4.79 Å². The lowest BCUT2D eigenvalue weighted by Crippen LogP contribution is -2.19. The minimum atomic E-state index is -0.695. The summed E-state index contributed by atoms with van der Waals surface area (Å²) in [5.41, 5.74) is 2.02. The Balaban J connectivity index is 2.33. The lowest BCUT2D eigenvalue weighted by molar-refractivity contribution is -0.140. The van der Waals surface area contributed by atoms with Gasteiger partial charge in [0.25, 0.3) is 0 Å². The molecule has 0 spiro atoms. The van der Waals surface area contributed by atoms with Gasteiger partial charge in [-0.2, -0.15) is 0 Å². The zero-order chi connectivity index (χ0) is 13.8. The van der Waals surface area contributed by atoms with E-state index in [1.807, 2.05) is 18.2 Å². The molecule has 1 aromatic rings. The third-order valence-electron chi connectivity index (χ3n) is 4.18. The highest BCUT2D eigenvalue weighted by molar-refractivity contribution is 5.76. The zero-order valence-corrected chi connectivity index (χ0v) is 11.7. The normalized spacial score (nSPS) is 17.4. The molecule has 2 rings (SSSR count). The summed E-state index contributed by atoms with van der Waals surface area (Å²) in [5.74, 6) is 0.0789. The number of rotatable bonds is 5. The van der Waals surface area contributed by atoms with Crippen LogP contribution in [0.2, 0.25) is 0 Å². The maximum Gasteiger partial charge on any atom is 0.311 e. The maximum atomic E-state index is 11.6. The number of hydrogen-bond acceptors (Lipinski definition) is 2. The predicted molar refractivity (Wildman–Crippen MR) is 74.7 cm³/mol. The highest BCUT2D eigenvalue weighted by atomic mass is 16.5. The van der Waals surface area contributed by atoms with E-state index in [0.29, 0.717) is 0 Å². The molecule has 1 atom stereocenters. The van der Waals surface area contributed by atoms with Crippen molar-refractivity contribution >= 4 is 5.97 Å². The number of hydrogen-bond donors (Lipinski definition) is 1. The average Bonchev–Trinajstić information content (AvgIpc) is 2.92. The van der Waals surface area contributed by atoms with Crippen molar-refractivity contribution < 1.29 is 14.6 Å². The summed E-state index contributed by atoms with van der Waals surface area (Å²) in [6, 6.07) is 5.82. The van der Waals surface area contributed by atoms with Gasteiger partial charge in [-0.1, -0.05) is 31.9 Å². The van der Waals surface area contributed by atoms with E-state index in [1.165, 1.54) is 0 Å². The van der Waals surface area contributed by atoms with Crippen LogP contribution < -0.4 is 4.74 Å². The highest BCUT2D eigenvalue weighted by Crippen LogP contribution is 2.38. The SMILES string of the molecule is CCc1cc(C(C(=O)O)C2CCCC2)ccc1OC. The van der Waals surface area contributed by atoms with Crippen LogP contribution in [0.4, 0.5) is 0 Å². The smallest absolute Gasteiger partial charge is 0.311 e. The average molecular weight is 262 g/mol. The van der Waals surface area contributed by atoms with E-state index in [-0.39, 0.29) is 11.8 Å². The van der Waals surface area contributed by atoms with Gasteiger partial charge in [0.1, 0.15) is 5.75 Å². The molecule has 1 aliphatic carbocycles. The standard InChI is InChI=1S/C16H22O3/c1-3-11-10-13(8-9-14(11)19-2)15(16(17)18)12-6-4-5-7-12/h8-10,12,15H,3-7H2,1-2H3,(H,17,18). The summed E-state index contributed by atoms with van der Waals surface area (Å²) in [5, 5.41) is 9.55. The number of ether oxygens (including phenoxy) is 1. The van der Waals surface area contributed by atoms with Crippen LogP contribution >= 0.6 is 0 Å². The fraction of sp³-hybridized carbons (Fsp3) is 0.562. The molecular weight excluding hydrogens is 240 g/mol. The van der Waals surface area contributed by atoms with Gasteiger partial charge in [-0.25, -0.2) is 0 Å². The number of carboxylic acids is 1. The van der Waals surface area contributed by atoms with E-state index in [9.17, 15) is 9.90 Å². The summed E-state index contributed by atoms with van der Waals surface area (Å²) in [6.07, 6.45) is 5.24. The summed E-state index contributed by atoms with van der Waals surface area (Å²) >= 11 is 0. The molecule has 0 radical (unpaired) electrons. The Morgan fingerprint density at radius 2 is 2.11 bits per heavy atom. The second-order valence-corrected chi connectivity index (χ2v) is 5.29. The molecule has 1 N–H and O–H groups in total. The molecule has 0 aromatic heterocycles.